The summed E-state index contributed by atoms with van der Waals surface area (Å²) in [5, 5.41) is 3.84. The SMILES string of the molecule is CCOC1CC(NC2CCSC2)C1(C)CC. The highest BCUT2D eigenvalue weighted by atomic mass is 32.2. The highest BCUT2D eigenvalue weighted by molar-refractivity contribution is 7.99. The fourth-order valence-electron chi connectivity index (χ4n) is 2.96. The molecule has 1 heterocycles. The molecule has 1 aliphatic carbocycles. The Hall–Kier alpha value is 0.270. The zero-order valence-electron chi connectivity index (χ0n) is 10.8. The van der Waals surface area contributed by atoms with Gasteiger partial charge in [0.1, 0.15) is 0 Å². The van der Waals surface area contributed by atoms with E-state index < -0.39 is 0 Å². The quantitative estimate of drug-likeness (QED) is 0.802. The topological polar surface area (TPSA) is 21.3 Å². The van der Waals surface area contributed by atoms with Crippen molar-refractivity contribution in [2.75, 3.05) is 18.1 Å². The highest BCUT2D eigenvalue weighted by Gasteiger charge is 2.51. The third kappa shape index (κ3) is 2.27. The van der Waals surface area contributed by atoms with Gasteiger partial charge in [-0.05, 0) is 31.9 Å². The summed E-state index contributed by atoms with van der Waals surface area (Å²) in [6, 6.07) is 1.43. The summed E-state index contributed by atoms with van der Waals surface area (Å²) in [4.78, 5) is 0. The van der Waals surface area contributed by atoms with Crippen LogP contribution in [0.3, 0.4) is 0 Å². The molecule has 94 valence electrons. The summed E-state index contributed by atoms with van der Waals surface area (Å²) < 4.78 is 5.83. The van der Waals surface area contributed by atoms with E-state index in [-0.39, 0.29) is 0 Å². The predicted octanol–water partition coefficient (Wildman–Crippen LogP) is 2.68. The van der Waals surface area contributed by atoms with Gasteiger partial charge in [-0.1, -0.05) is 13.8 Å². The molecule has 0 bridgehead atoms. The maximum Gasteiger partial charge on any atom is 0.0658 e. The molecule has 1 saturated carbocycles. The molecule has 3 heteroatoms. The number of ether oxygens (including phenoxy) is 1. The smallest absolute Gasteiger partial charge is 0.0658 e. The first kappa shape index (κ1) is 12.7. The Morgan fingerprint density at radius 3 is 2.81 bits per heavy atom. The van der Waals surface area contributed by atoms with Crippen LogP contribution in [-0.4, -0.2) is 36.3 Å². The van der Waals surface area contributed by atoms with Crippen molar-refractivity contribution in [2.45, 2.75) is 58.2 Å². The standard InChI is InChI=1S/C13H25NOS/c1-4-13(3)11(8-12(13)15-5-2)14-10-6-7-16-9-10/h10-12,14H,4-9H2,1-3H3. The Labute approximate surface area is 104 Å². The summed E-state index contributed by atoms with van der Waals surface area (Å²) in [6.07, 6.45) is 4.25. The first-order chi connectivity index (χ1) is 7.70. The fraction of sp³-hybridized carbons (Fsp3) is 1.00. The van der Waals surface area contributed by atoms with E-state index in [1.165, 1.54) is 30.8 Å². The number of hydrogen-bond donors (Lipinski definition) is 1. The lowest BCUT2D eigenvalue weighted by molar-refractivity contribution is -0.127. The van der Waals surface area contributed by atoms with E-state index in [0.717, 1.165) is 12.6 Å². The minimum Gasteiger partial charge on any atom is -0.378 e. The van der Waals surface area contributed by atoms with Gasteiger partial charge in [0, 0.05) is 29.9 Å². The first-order valence-electron chi connectivity index (χ1n) is 6.66. The van der Waals surface area contributed by atoms with Crippen LogP contribution < -0.4 is 5.32 Å². The van der Waals surface area contributed by atoms with Crippen LogP contribution in [0.1, 0.15) is 40.0 Å². The average Bonchev–Trinajstić information content (AvgIpc) is 2.79. The van der Waals surface area contributed by atoms with E-state index in [1.807, 2.05) is 0 Å². The van der Waals surface area contributed by atoms with Gasteiger partial charge < -0.3 is 10.1 Å². The van der Waals surface area contributed by atoms with Gasteiger partial charge in [0.2, 0.25) is 0 Å². The van der Waals surface area contributed by atoms with Crippen molar-refractivity contribution in [2.24, 2.45) is 5.41 Å². The molecule has 1 saturated heterocycles. The van der Waals surface area contributed by atoms with Crippen LogP contribution in [0, 0.1) is 5.41 Å². The molecule has 0 radical (unpaired) electrons. The molecule has 0 aromatic carbocycles. The van der Waals surface area contributed by atoms with Gasteiger partial charge in [-0.15, -0.1) is 0 Å². The lowest BCUT2D eigenvalue weighted by atomic mass is 9.61. The number of hydrogen-bond acceptors (Lipinski definition) is 3. The monoisotopic (exact) mass is 243 g/mol. The maximum absolute atomic E-state index is 5.83. The van der Waals surface area contributed by atoms with Crippen LogP contribution >= 0.6 is 11.8 Å². The van der Waals surface area contributed by atoms with Crippen LogP contribution in [-0.2, 0) is 4.74 Å². The molecule has 2 nitrogen and oxygen atoms in total. The molecule has 1 aliphatic heterocycles. The molecule has 4 atom stereocenters. The third-order valence-electron chi connectivity index (χ3n) is 4.48. The van der Waals surface area contributed by atoms with Crippen LogP contribution in [0.4, 0.5) is 0 Å². The van der Waals surface area contributed by atoms with Crippen molar-refractivity contribution in [3.63, 3.8) is 0 Å². The van der Waals surface area contributed by atoms with Crippen LogP contribution in [0.15, 0.2) is 0 Å². The summed E-state index contributed by atoms with van der Waals surface area (Å²) >= 11 is 2.08. The molecule has 0 spiro atoms. The molecule has 2 aliphatic rings. The molecule has 0 aromatic rings. The summed E-state index contributed by atoms with van der Waals surface area (Å²) in [5.74, 6) is 2.64. The van der Waals surface area contributed by atoms with E-state index >= 15 is 0 Å². The Balaban J connectivity index is 1.86. The molecular weight excluding hydrogens is 218 g/mol. The molecule has 1 N–H and O–H groups in total. The third-order valence-corrected chi connectivity index (χ3v) is 5.64. The van der Waals surface area contributed by atoms with E-state index in [0.29, 0.717) is 17.6 Å². The van der Waals surface area contributed by atoms with Gasteiger partial charge in [0.25, 0.3) is 0 Å². The Morgan fingerprint density at radius 1 is 1.44 bits per heavy atom. The molecule has 16 heavy (non-hydrogen) atoms. The fourth-order valence-corrected chi connectivity index (χ4v) is 4.12. The van der Waals surface area contributed by atoms with Gasteiger partial charge in [-0.3, -0.25) is 0 Å². The second-order valence-corrected chi connectivity index (χ2v) is 6.47. The second-order valence-electron chi connectivity index (χ2n) is 5.32. The van der Waals surface area contributed by atoms with E-state index in [1.54, 1.807) is 0 Å². The normalized spacial score (nSPS) is 43.3. The maximum atomic E-state index is 5.83. The van der Waals surface area contributed by atoms with Gasteiger partial charge in [0.15, 0.2) is 0 Å². The molecule has 0 aromatic heterocycles. The Morgan fingerprint density at radius 2 is 2.25 bits per heavy atom. The van der Waals surface area contributed by atoms with Crippen molar-refractivity contribution in [1.29, 1.82) is 0 Å². The minimum atomic E-state index is 0.364. The molecular formula is C13H25NOS. The van der Waals surface area contributed by atoms with Gasteiger partial charge in [-0.2, -0.15) is 11.8 Å². The summed E-state index contributed by atoms with van der Waals surface area (Å²) in [5.41, 5.74) is 0.364. The van der Waals surface area contributed by atoms with Crippen LogP contribution in [0.25, 0.3) is 0 Å². The zero-order valence-corrected chi connectivity index (χ0v) is 11.6. The number of rotatable bonds is 5. The van der Waals surface area contributed by atoms with Crippen LogP contribution in [0.5, 0.6) is 0 Å². The Bertz CT molecular complexity index is 230. The highest BCUT2D eigenvalue weighted by Crippen LogP contribution is 2.46. The first-order valence-corrected chi connectivity index (χ1v) is 7.81. The summed E-state index contributed by atoms with van der Waals surface area (Å²) in [7, 11) is 0. The van der Waals surface area contributed by atoms with Gasteiger partial charge in [-0.25, -0.2) is 0 Å². The van der Waals surface area contributed by atoms with E-state index in [4.69, 9.17) is 4.74 Å². The molecule has 2 rings (SSSR count). The Kier molecular flexibility index (Phi) is 4.20. The minimum absolute atomic E-state index is 0.364. The number of nitrogens with one attached hydrogen (secondary N) is 1. The molecule has 2 fully saturated rings. The van der Waals surface area contributed by atoms with Crippen LogP contribution in [0.2, 0.25) is 0 Å². The largest absolute Gasteiger partial charge is 0.378 e. The van der Waals surface area contributed by atoms with Crippen molar-refractivity contribution >= 4 is 11.8 Å². The molecule has 0 amide bonds. The van der Waals surface area contributed by atoms with Crippen molar-refractivity contribution in [3.8, 4) is 0 Å². The number of thioether (sulfide) groups is 1. The van der Waals surface area contributed by atoms with Gasteiger partial charge >= 0.3 is 0 Å². The molecule has 4 unspecified atom stereocenters. The lowest BCUT2D eigenvalue weighted by Crippen LogP contribution is -2.63. The van der Waals surface area contributed by atoms with E-state index in [2.05, 4.69) is 37.8 Å². The van der Waals surface area contributed by atoms with Crippen molar-refractivity contribution in [1.82, 2.24) is 5.32 Å². The predicted molar refractivity (Wildman–Crippen MR) is 71.1 cm³/mol. The van der Waals surface area contributed by atoms with Crippen molar-refractivity contribution in [3.05, 3.63) is 0 Å². The van der Waals surface area contributed by atoms with E-state index in [9.17, 15) is 0 Å². The zero-order chi connectivity index (χ0) is 11.6. The van der Waals surface area contributed by atoms with Gasteiger partial charge in [0.05, 0.1) is 6.10 Å². The van der Waals surface area contributed by atoms with Crippen molar-refractivity contribution < 1.29 is 4.74 Å². The second kappa shape index (κ2) is 5.28. The summed E-state index contributed by atoms with van der Waals surface area (Å²) in [6.45, 7) is 7.64. The lowest BCUT2D eigenvalue weighted by Gasteiger charge is -2.54. The average molecular weight is 243 g/mol.